The lowest BCUT2D eigenvalue weighted by molar-refractivity contribution is 0.0696. The second-order valence-electron chi connectivity index (χ2n) is 3.97. The largest absolute Gasteiger partial charge is 0.478 e. The zero-order valence-corrected chi connectivity index (χ0v) is 10.0. The Hall–Kier alpha value is -2.35. The number of hydrogen-bond acceptors (Lipinski definition) is 1. The van der Waals surface area contributed by atoms with Crippen molar-refractivity contribution in [2.75, 3.05) is 0 Å². The summed E-state index contributed by atoms with van der Waals surface area (Å²) in [6.45, 7) is 6.00. The third-order valence-corrected chi connectivity index (χ3v) is 3.08. The number of benzene rings is 2. The summed E-state index contributed by atoms with van der Waals surface area (Å²) in [5, 5.41) is 9.13. The standard InChI is InChI=1S/C14H10O2.C2H4/c15-14(16)12-7-3-6-11-10-5-2-1-4-9(10)8-13(11)12;1-2/h1-7H,8H2,(H,15,16);1-2H2. The maximum atomic E-state index is 11.1. The molecule has 0 unspecified atom stereocenters. The molecule has 0 aliphatic heterocycles. The Kier molecular flexibility index (Phi) is 3.28. The Morgan fingerprint density at radius 3 is 2.39 bits per heavy atom. The molecule has 18 heavy (non-hydrogen) atoms. The zero-order valence-electron chi connectivity index (χ0n) is 10.0. The van der Waals surface area contributed by atoms with E-state index in [9.17, 15) is 4.79 Å². The highest BCUT2D eigenvalue weighted by Crippen LogP contribution is 2.37. The minimum absolute atomic E-state index is 0.425. The first-order valence-corrected chi connectivity index (χ1v) is 5.71. The molecule has 0 heterocycles. The van der Waals surface area contributed by atoms with Crippen LogP contribution in [0.3, 0.4) is 0 Å². The maximum absolute atomic E-state index is 11.1. The minimum atomic E-state index is -0.843. The summed E-state index contributed by atoms with van der Waals surface area (Å²) in [7, 11) is 0. The third kappa shape index (κ3) is 1.82. The van der Waals surface area contributed by atoms with Crippen LogP contribution in [-0.4, -0.2) is 11.1 Å². The van der Waals surface area contributed by atoms with E-state index in [4.69, 9.17) is 5.11 Å². The lowest BCUT2D eigenvalue weighted by Gasteiger charge is -2.03. The number of hydrogen-bond donors (Lipinski definition) is 1. The van der Waals surface area contributed by atoms with E-state index in [1.807, 2.05) is 30.3 Å². The summed E-state index contributed by atoms with van der Waals surface area (Å²) >= 11 is 0. The van der Waals surface area contributed by atoms with E-state index in [2.05, 4.69) is 19.2 Å². The van der Waals surface area contributed by atoms with E-state index in [1.54, 1.807) is 6.07 Å². The number of aromatic carboxylic acids is 1. The molecule has 0 fully saturated rings. The Morgan fingerprint density at radius 2 is 1.67 bits per heavy atom. The predicted molar refractivity (Wildman–Crippen MR) is 72.9 cm³/mol. The van der Waals surface area contributed by atoms with Gasteiger partial charge in [-0.15, -0.1) is 13.2 Å². The SMILES string of the molecule is C=C.O=C(O)c1cccc2c1Cc1ccccc1-2. The van der Waals surface area contributed by atoms with Crippen LogP contribution >= 0.6 is 0 Å². The fourth-order valence-electron chi connectivity index (χ4n) is 2.36. The Morgan fingerprint density at radius 1 is 1.00 bits per heavy atom. The lowest BCUT2D eigenvalue weighted by Crippen LogP contribution is -2.01. The van der Waals surface area contributed by atoms with Crippen molar-refractivity contribution in [1.29, 1.82) is 0 Å². The molecular weight excluding hydrogens is 224 g/mol. The van der Waals surface area contributed by atoms with Crippen LogP contribution in [0, 0.1) is 0 Å². The van der Waals surface area contributed by atoms with Crippen molar-refractivity contribution in [2.45, 2.75) is 6.42 Å². The predicted octanol–water partition coefficient (Wildman–Crippen LogP) is 3.76. The maximum Gasteiger partial charge on any atom is 0.335 e. The van der Waals surface area contributed by atoms with Gasteiger partial charge >= 0.3 is 5.97 Å². The van der Waals surface area contributed by atoms with Crippen molar-refractivity contribution in [1.82, 2.24) is 0 Å². The fraction of sp³-hybridized carbons (Fsp3) is 0.0625. The van der Waals surface area contributed by atoms with Crippen LogP contribution < -0.4 is 0 Å². The molecule has 0 spiro atoms. The summed E-state index contributed by atoms with van der Waals surface area (Å²) in [5.74, 6) is -0.843. The van der Waals surface area contributed by atoms with E-state index in [-0.39, 0.29) is 0 Å². The van der Waals surface area contributed by atoms with Crippen LogP contribution in [-0.2, 0) is 6.42 Å². The molecule has 0 atom stereocenters. The van der Waals surface area contributed by atoms with Gasteiger partial charge in [-0.1, -0.05) is 36.4 Å². The zero-order chi connectivity index (χ0) is 13.1. The molecule has 1 aliphatic carbocycles. The highest BCUT2D eigenvalue weighted by atomic mass is 16.4. The highest BCUT2D eigenvalue weighted by molar-refractivity contribution is 5.94. The van der Waals surface area contributed by atoms with Crippen molar-refractivity contribution < 1.29 is 9.90 Å². The van der Waals surface area contributed by atoms with Crippen molar-refractivity contribution in [2.24, 2.45) is 0 Å². The number of carbonyl (C=O) groups is 1. The Bertz CT molecular complexity index is 600. The van der Waals surface area contributed by atoms with Crippen molar-refractivity contribution in [3.05, 3.63) is 72.3 Å². The van der Waals surface area contributed by atoms with Gasteiger partial charge in [0, 0.05) is 0 Å². The highest BCUT2D eigenvalue weighted by Gasteiger charge is 2.22. The van der Waals surface area contributed by atoms with E-state index in [0.29, 0.717) is 5.56 Å². The van der Waals surface area contributed by atoms with E-state index in [0.717, 1.165) is 17.5 Å². The summed E-state index contributed by atoms with van der Waals surface area (Å²) in [5.41, 5.74) is 4.81. The topological polar surface area (TPSA) is 37.3 Å². The third-order valence-electron chi connectivity index (χ3n) is 3.08. The fourth-order valence-corrected chi connectivity index (χ4v) is 2.36. The van der Waals surface area contributed by atoms with Gasteiger partial charge in [0.2, 0.25) is 0 Å². The number of fused-ring (bicyclic) bond motifs is 3. The van der Waals surface area contributed by atoms with Crippen molar-refractivity contribution >= 4 is 5.97 Å². The monoisotopic (exact) mass is 238 g/mol. The molecule has 0 bridgehead atoms. The molecule has 1 aliphatic rings. The van der Waals surface area contributed by atoms with Gasteiger partial charge in [-0.2, -0.15) is 0 Å². The van der Waals surface area contributed by atoms with Crippen LogP contribution in [0.2, 0.25) is 0 Å². The second-order valence-corrected chi connectivity index (χ2v) is 3.97. The molecule has 2 aromatic rings. The smallest absolute Gasteiger partial charge is 0.335 e. The molecule has 0 saturated carbocycles. The normalized spacial score (nSPS) is 10.9. The Labute approximate surface area is 106 Å². The molecule has 90 valence electrons. The van der Waals surface area contributed by atoms with Gasteiger partial charge in [0.05, 0.1) is 5.56 Å². The Balaban J connectivity index is 0.000000574. The van der Waals surface area contributed by atoms with Gasteiger partial charge in [0.25, 0.3) is 0 Å². The van der Waals surface area contributed by atoms with Crippen LogP contribution in [0.4, 0.5) is 0 Å². The molecule has 0 aromatic heterocycles. The van der Waals surface area contributed by atoms with Gasteiger partial charge in [-0.3, -0.25) is 0 Å². The van der Waals surface area contributed by atoms with Crippen LogP contribution in [0.1, 0.15) is 21.5 Å². The second kappa shape index (κ2) is 4.88. The first-order chi connectivity index (χ1) is 8.77. The van der Waals surface area contributed by atoms with Gasteiger partial charge in [0.1, 0.15) is 0 Å². The molecule has 0 radical (unpaired) electrons. The van der Waals surface area contributed by atoms with Gasteiger partial charge in [-0.05, 0) is 34.7 Å². The first-order valence-electron chi connectivity index (χ1n) is 5.71. The van der Waals surface area contributed by atoms with Gasteiger partial charge < -0.3 is 5.11 Å². The molecule has 0 saturated heterocycles. The average Bonchev–Trinajstić information content (AvgIpc) is 2.79. The summed E-state index contributed by atoms with van der Waals surface area (Å²) in [4.78, 5) is 11.1. The minimum Gasteiger partial charge on any atom is -0.478 e. The molecule has 3 rings (SSSR count). The molecular formula is C16H14O2. The number of rotatable bonds is 1. The van der Waals surface area contributed by atoms with Gasteiger partial charge in [-0.25, -0.2) is 4.79 Å². The van der Waals surface area contributed by atoms with Gasteiger partial charge in [0.15, 0.2) is 0 Å². The summed E-state index contributed by atoms with van der Waals surface area (Å²) in [6.07, 6.45) is 0.730. The summed E-state index contributed by atoms with van der Waals surface area (Å²) in [6, 6.07) is 13.6. The molecule has 0 amide bonds. The molecule has 2 heteroatoms. The van der Waals surface area contributed by atoms with Crippen molar-refractivity contribution in [3.8, 4) is 11.1 Å². The van der Waals surface area contributed by atoms with Crippen LogP contribution in [0.25, 0.3) is 11.1 Å². The number of carboxylic acids is 1. The van der Waals surface area contributed by atoms with Crippen LogP contribution in [0.15, 0.2) is 55.6 Å². The number of carboxylic acid groups (broad SMARTS) is 1. The van der Waals surface area contributed by atoms with Crippen LogP contribution in [0.5, 0.6) is 0 Å². The van der Waals surface area contributed by atoms with E-state index in [1.165, 1.54) is 11.1 Å². The van der Waals surface area contributed by atoms with Crippen molar-refractivity contribution in [3.63, 3.8) is 0 Å². The average molecular weight is 238 g/mol. The summed E-state index contributed by atoms with van der Waals surface area (Å²) < 4.78 is 0. The molecule has 1 N–H and O–H groups in total. The van der Waals surface area contributed by atoms with E-state index >= 15 is 0 Å². The lowest BCUT2D eigenvalue weighted by atomic mass is 10.0. The molecule has 2 nitrogen and oxygen atoms in total. The first kappa shape index (κ1) is 12.1. The quantitative estimate of drug-likeness (QED) is 0.655. The van der Waals surface area contributed by atoms with E-state index < -0.39 is 5.97 Å². The molecule has 2 aromatic carbocycles.